The molecule has 2 aromatic rings. The normalized spacial score (nSPS) is 17.4. The molecule has 0 unspecified atom stereocenters. The Kier molecular flexibility index (Phi) is 4.57. The summed E-state index contributed by atoms with van der Waals surface area (Å²) < 4.78 is 13.7. The Hall–Kier alpha value is -2.35. The fourth-order valence-corrected chi connectivity index (χ4v) is 3.22. The molecule has 1 aliphatic heterocycles. The van der Waals surface area contributed by atoms with E-state index in [1.54, 1.807) is 19.1 Å². The summed E-state index contributed by atoms with van der Waals surface area (Å²) in [5, 5.41) is 11.8. The lowest BCUT2D eigenvalue weighted by molar-refractivity contribution is -0.122. The zero-order valence-corrected chi connectivity index (χ0v) is 14.2. The Balaban J connectivity index is 1.69. The summed E-state index contributed by atoms with van der Waals surface area (Å²) in [6, 6.07) is 4.64. The summed E-state index contributed by atoms with van der Waals surface area (Å²) in [7, 11) is 0. The zero-order chi connectivity index (χ0) is 17.3. The molecule has 0 aliphatic carbocycles. The van der Waals surface area contributed by atoms with Crippen molar-refractivity contribution in [1.29, 1.82) is 0 Å². The van der Waals surface area contributed by atoms with E-state index in [-0.39, 0.29) is 30.6 Å². The van der Waals surface area contributed by atoms with Crippen LogP contribution in [0.1, 0.15) is 23.9 Å². The lowest BCUT2D eigenvalue weighted by Gasteiger charge is -2.17. The Labute approximate surface area is 142 Å². The second kappa shape index (κ2) is 6.64. The van der Waals surface area contributed by atoms with Gasteiger partial charge in [-0.25, -0.2) is 4.39 Å². The fraction of sp³-hybridized carbons (Fsp3) is 0.375. The molecular weight excluding hydrogens is 331 g/mol. The molecule has 24 heavy (non-hydrogen) atoms. The first-order chi connectivity index (χ1) is 11.5. The topological polar surface area (TPSA) is 75.2 Å². The minimum Gasteiger partial charge on any atom is -0.311 e. The van der Waals surface area contributed by atoms with Gasteiger partial charge in [-0.15, -0.1) is 10.2 Å². The zero-order valence-electron chi connectivity index (χ0n) is 13.4. The first-order valence-electron chi connectivity index (χ1n) is 7.67. The van der Waals surface area contributed by atoms with Crippen LogP contribution < -0.4 is 10.2 Å². The van der Waals surface area contributed by atoms with E-state index in [2.05, 4.69) is 15.5 Å². The van der Waals surface area contributed by atoms with Gasteiger partial charge in [-0.1, -0.05) is 24.3 Å². The van der Waals surface area contributed by atoms with Crippen LogP contribution in [0, 0.1) is 18.7 Å². The minimum atomic E-state index is -0.490. The van der Waals surface area contributed by atoms with Crippen molar-refractivity contribution in [2.24, 2.45) is 5.92 Å². The number of aryl methyl sites for hydroxylation is 2. The Morgan fingerprint density at radius 2 is 2.25 bits per heavy atom. The number of hydrogen-bond donors (Lipinski definition) is 1. The van der Waals surface area contributed by atoms with Crippen LogP contribution in [0.4, 0.5) is 15.2 Å². The molecule has 1 aliphatic rings. The van der Waals surface area contributed by atoms with Crippen molar-refractivity contribution in [3.8, 4) is 0 Å². The molecule has 0 bridgehead atoms. The van der Waals surface area contributed by atoms with E-state index in [0.29, 0.717) is 16.4 Å². The number of rotatable bonds is 4. The molecule has 8 heteroatoms. The first kappa shape index (κ1) is 16.5. The lowest BCUT2D eigenvalue weighted by Crippen LogP contribution is -2.28. The molecule has 0 spiro atoms. The largest absolute Gasteiger partial charge is 0.311 e. The van der Waals surface area contributed by atoms with Gasteiger partial charge < -0.3 is 10.2 Å². The maximum absolute atomic E-state index is 13.7. The molecule has 1 aromatic heterocycles. The Morgan fingerprint density at radius 1 is 1.46 bits per heavy atom. The molecule has 3 rings (SSSR count). The van der Waals surface area contributed by atoms with E-state index in [1.807, 2.05) is 6.92 Å². The van der Waals surface area contributed by atoms with Crippen molar-refractivity contribution in [3.63, 3.8) is 0 Å². The molecule has 6 nitrogen and oxygen atoms in total. The highest BCUT2D eigenvalue weighted by atomic mass is 32.1. The van der Waals surface area contributed by atoms with E-state index >= 15 is 0 Å². The maximum atomic E-state index is 13.7. The molecule has 2 amide bonds. The number of amides is 2. The van der Waals surface area contributed by atoms with Crippen molar-refractivity contribution >= 4 is 34.0 Å². The fourth-order valence-electron chi connectivity index (χ4n) is 2.54. The van der Waals surface area contributed by atoms with Gasteiger partial charge in [-0.3, -0.25) is 9.59 Å². The van der Waals surface area contributed by atoms with Gasteiger partial charge in [0.2, 0.25) is 16.9 Å². The van der Waals surface area contributed by atoms with E-state index < -0.39 is 5.92 Å². The molecule has 126 valence electrons. The second-order valence-corrected chi connectivity index (χ2v) is 6.74. The van der Waals surface area contributed by atoms with E-state index in [4.69, 9.17) is 0 Å². The first-order valence-corrected chi connectivity index (χ1v) is 8.49. The lowest BCUT2D eigenvalue weighted by atomic mass is 10.1. The van der Waals surface area contributed by atoms with Crippen molar-refractivity contribution in [2.45, 2.75) is 26.7 Å². The van der Waals surface area contributed by atoms with Gasteiger partial charge in [-0.05, 0) is 31.0 Å². The average Bonchev–Trinajstić information content (AvgIpc) is 3.16. The number of nitrogens with zero attached hydrogens (tertiary/aromatic N) is 3. The van der Waals surface area contributed by atoms with E-state index in [0.717, 1.165) is 11.4 Å². The summed E-state index contributed by atoms with van der Waals surface area (Å²) in [6.07, 6.45) is 0.850. The number of hydrogen-bond acceptors (Lipinski definition) is 5. The number of nitrogens with one attached hydrogen (secondary N) is 1. The molecule has 0 radical (unpaired) electrons. The van der Waals surface area contributed by atoms with Gasteiger partial charge >= 0.3 is 0 Å². The summed E-state index contributed by atoms with van der Waals surface area (Å²) in [5.74, 6) is -1.31. The molecular formula is C16H17FN4O2S. The average molecular weight is 348 g/mol. The van der Waals surface area contributed by atoms with Crippen LogP contribution in [0.2, 0.25) is 0 Å². The van der Waals surface area contributed by atoms with Crippen LogP contribution in [0.15, 0.2) is 18.2 Å². The SMILES string of the molecule is CCc1nnc(NC(=O)[C@H]2CC(=O)N(c3ccc(C)c(F)c3)C2)s1. The summed E-state index contributed by atoms with van der Waals surface area (Å²) in [4.78, 5) is 26.0. The Morgan fingerprint density at radius 3 is 2.92 bits per heavy atom. The maximum Gasteiger partial charge on any atom is 0.231 e. The highest BCUT2D eigenvalue weighted by Crippen LogP contribution is 2.27. The van der Waals surface area contributed by atoms with Crippen LogP contribution in [0.25, 0.3) is 0 Å². The summed E-state index contributed by atoms with van der Waals surface area (Å²) in [6.45, 7) is 3.85. The molecule has 2 heterocycles. The summed E-state index contributed by atoms with van der Waals surface area (Å²) in [5.41, 5.74) is 0.991. The number of halogens is 1. The van der Waals surface area contributed by atoms with Gasteiger partial charge in [0.05, 0.1) is 5.92 Å². The van der Waals surface area contributed by atoms with Crippen LogP contribution in [-0.4, -0.2) is 28.6 Å². The Bertz CT molecular complexity index is 792. The predicted octanol–water partition coefficient (Wildman–Crippen LogP) is 2.54. The molecule has 1 fully saturated rings. The molecule has 1 N–H and O–H groups in total. The van der Waals surface area contributed by atoms with Crippen LogP contribution in [0.5, 0.6) is 0 Å². The molecule has 1 atom stereocenters. The van der Waals surface area contributed by atoms with Crippen molar-refractivity contribution in [1.82, 2.24) is 10.2 Å². The van der Waals surface area contributed by atoms with Gasteiger partial charge in [0.1, 0.15) is 10.8 Å². The monoisotopic (exact) mass is 348 g/mol. The van der Waals surface area contributed by atoms with Crippen molar-refractivity contribution in [2.75, 3.05) is 16.8 Å². The predicted molar refractivity (Wildman–Crippen MR) is 89.5 cm³/mol. The van der Waals surface area contributed by atoms with Crippen molar-refractivity contribution in [3.05, 3.63) is 34.6 Å². The highest BCUT2D eigenvalue weighted by molar-refractivity contribution is 7.15. The van der Waals surface area contributed by atoms with Crippen LogP contribution >= 0.6 is 11.3 Å². The summed E-state index contributed by atoms with van der Waals surface area (Å²) >= 11 is 1.32. The van der Waals surface area contributed by atoms with Gasteiger partial charge in [-0.2, -0.15) is 0 Å². The van der Waals surface area contributed by atoms with Crippen LogP contribution in [0.3, 0.4) is 0 Å². The van der Waals surface area contributed by atoms with Gasteiger partial charge in [0, 0.05) is 18.7 Å². The number of carbonyl (C=O) groups is 2. The van der Waals surface area contributed by atoms with E-state index in [9.17, 15) is 14.0 Å². The highest BCUT2D eigenvalue weighted by Gasteiger charge is 2.35. The number of carbonyl (C=O) groups excluding carboxylic acids is 2. The number of aromatic nitrogens is 2. The second-order valence-electron chi connectivity index (χ2n) is 5.68. The van der Waals surface area contributed by atoms with Crippen molar-refractivity contribution < 1.29 is 14.0 Å². The quantitative estimate of drug-likeness (QED) is 0.921. The molecule has 1 aromatic carbocycles. The third-order valence-electron chi connectivity index (χ3n) is 3.96. The number of anilines is 2. The molecule has 1 saturated heterocycles. The third kappa shape index (κ3) is 3.28. The smallest absolute Gasteiger partial charge is 0.231 e. The van der Waals surface area contributed by atoms with E-state index in [1.165, 1.54) is 22.3 Å². The third-order valence-corrected chi connectivity index (χ3v) is 4.95. The van der Waals surface area contributed by atoms with Gasteiger partial charge in [0.25, 0.3) is 0 Å². The van der Waals surface area contributed by atoms with Crippen LogP contribution in [-0.2, 0) is 16.0 Å². The molecule has 0 saturated carbocycles. The number of benzene rings is 1. The van der Waals surface area contributed by atoms with Gasteiger partial charge in [0.15, 0.2) is 0 Å². The minimum absolute atomic E-state index is 0.0980. The standard InChI is InChI=1S/C16H17FN4O2S/c1-3-13-19-20-16(24-13)18-15(23)10-6-14(22)21(8-10)11-5-4-9(2)12(17)7-11/h4-5,7,10H,3,6,8H2,1-2H3,(H,18,20,23)/t10-/m0/s1.